The highest BCUT2D eigenvalue weighted by Crippen LogP contribution is 2.17. The Morgan fingerprint density at radius 1 is 1.64 bits per heavy atom. The first-order valence-electron chi connectivity index (χ1n) is 3.89. The molecule has 0 aliphatic heterocycles. The molecular weight excluding hydrogens is 158 g/mol. The van der Waals surface area contributed by atoms with E-state index < -0.39 is 0 Å². The van der Waals surface area contributed by atoms with E-state index in [-0.39, 0.29) is 0 Å². The highest BCUT2D eigenvalue weighted by atomic mass is 32.1. The van der Waals surface area contributed by atoms with Gasteiger partial charge in [0.2, 0.25) is 0 Å². The molecule has 0 saturated heterocycles. The zero-order chi connectivity index (χ0) is 8.10. The molecule has 11 heavy (non-hydrogen) atoms. The second kappa shape index (κ2) is 4.41. The lowest BCUT2D eigenvalue weighted by Gasteiger charge is -2.11. The summed E-state index contributed by atoms with van der Waals surface area (Å²) in [6.45, 7) is 5.26. The monoisotopic (exact) mass is 171 g/mol. The van der Waals surface area contributed by atoms with Gasteiger partial charge >= 0.3 is 0 Å². The predicted molar refractivity (Wildman–Crippen MR) is 46.6 cm³/mol. The summed E-state index contributed by atoms with van der Waals surface area (Å²) in [6.07, 6.45) is 2.93. The first-order valence-corrected chi connectivity index (χ1v) is 4.66. The minimum Gasteiger partial charge on any atom is -0.309 e. The molecular formula is C7H13N3S. The standard InChI is InChI=1S/C7H13N3S/c1-3-6(8-4-2)7-5-9-10-11-7/h5-6,8H,3-4H2,1-2H3. The third-order valence-corrected chi connectivity index (χ3v) is 2.36. The molecule has 3 nitrogen and oxygen atoms in total. The molecule has 0 saturated carbocycles. The first kappa shape index (κ1) is 8.62. The van der Waals surface area contributed by atoms with Crippen molar-refractivity contribution in [3.05, 3.63) is 11.1 Å². The smallest absolute Gasteiger partial charge is 0.0669 e. The maximum Gasteiger partial charge on any atom is 0.0669 e. The average molecular weight is 171 g/mol. The molecule has 0 aliphatic carbocycles. The molecule has 0 aliphatic rings. The quantitative estimate of drug-likeness (QED) is 0.747. The van der Waals surface area contributed by atoms with Crippen molar-refractivity contribution in [3.63, 3.8) is 0 Å². The Hall–Kier alpha value is -0.480. The van der Waals surface area contributed by atoms with E-state index in [1.807, 2.05) is 6.20 Å². The minimum absolute atomic E-state index is 0.444. The van der Waals surface area contributed by atoms with Crippen LogP contribution in [0.5, 0.6) is 0 Å². The van der Waals surface area contributed by atoms with E-state index in [1.54, 1.807) is 0 Å². The van der Waals surface area contributed by atoms with Gasteiger partial charge in [0.25, 0.3) is 0 Å². The van der Waals surface area contributed by atoms with Crippen molar-refractivity contribution in [1.82, 2.24) is 14.9 Å². The molecule has 0 spiro atoms. The van der Waals surface area contributed by atoms with Gasteiger partial charge in [0.1, 0.15) is 0 Å². The van der Waals surface area contributed by atoms with Gasteiger partial charge in [-0.2, -0.15) is 0 Å². The molecule has 0 aromatic carbocycles. The predicted octanol–water partition coefficient (Wildman–Crippen LogP) is 1.60. The summed E-state index contributed by atoms with van der Waals surface area (Å²) in [5, 5.41) is 7.17. The van der Waals surface area contributed by atoms with Crippen LogP contribution in [0.4, 0.5) is 0 Å². The molecule has 0 fully saturated rings. The van der Waals surface area contributed by atoms with Crippen LogP contribution in [-0.2, 0) is 0 Å². The Labute approximate surface area is 71.0 Å². The Balaban J connectivity index is 2.56. The first-order chi connectivity index (χ1) is 5.38. The van der Waals surface area contributed by atoms with Gasteiger partial charge in [-0.15, -0.1) is 5.10 Å². The van der Waals surface area contributed by atoms with Crippen molar-refractivity contribution in [2.75, 3.05) is 6.54 Å². The number of nitrogens with one attached hydrogen (secondary N) is 1. The maximum absolute atomic E-state index is 3.82. The van der Waals surface area contributed by atoms with Crippen LogP contribution >= 0.6 is 11.5 Å². The third kappa shape index (κ3) is 2.24. The lowest BCUT2D eigenvalue weighted by atomic mass is 10.2. The van der Waals surface area contributed by atoms with Crippen LogP contribution in [0.1, 0.15) is 31.2 Å². The van der Waals surface area contributed by atoms with E-state index in [2.05, 4.69) is 28.8 Å². The molecule has 1 aromatic heterocycles. The molecule has 0 radical (unpaired) electrons. The fraction of sp³-hybridized carbons (Fsp3) is 0.714. The Kier molecular flexibility index (Phi) is 3.45. The number of rotatable bonds is 4. The summed E-state index contributed by atoms with van der Waals surface area (Å²) in [5.41, 5.74) is 0. The number of aromatic nitrogens is 2. The van der Waals surface area contributed by atoms with Gasteiger partial charge in [-0.05, 0) is 24.5 Å². The molecule has 1 heterocycles. The highest BCUT2D eigenvalue weighted by Gasteiger charge is 2.08. The summed E-state index contributed by atoms with van der Waals surface area (Å²) in [7, 11) is 0. The largest absolute Gasteiger partial charge is 0.309 e. The molecule has 1 N–H and O–H groups in total. The topological polar surface area (TPSA) is 37.8 Å². The van der Waals surface area contributed by atoms with E-state index >= 15 is 0 Å². The third-order valence-electron chi connectivity index (χ3n) is 1.58. The van der Waals surface area contributed by atoms with Crippen LogP contribution in [0.3, 0.4) is 0 Å². The van der Waals surface area contributed by atoms with Crippen molar-refractivity contribution in [1.29, 1.82) is 0 Å². The van der Waals surface area contributed by atoms with E-state index in [1.165, 1.54) is 16.4 Å². The lowest BCUT2D eigenvalue weighted by Crippen LogP contribution is -2.18. The summed E-state index contributed by atoms with van der Waals surface area (Å²) in [5.74, 6) is 0. The van der Waals surface area contributed by atoms with Gasteiger partial charge in [0.05, 0.1) is 11.1 Å². The van der Waals surface area contributed by atoms with E-state index in [9.17, 15) is 0 Å². The molecule has 4 heteroatoms. The highest BCUT2D eigenvalue weighted by molar-refractivity contribution is 7.05. The van der Waals surface area contributed by atoms with Crippen molar-refractivity contribution in [2.45, 2.75) is 26.3 Å². The van der Waals surface area contributed by atoms with Crippen molar-refractivity contribution in [2.24, 2.45) is 0 Å². The fourth-order valence-electron chi connectivity index (χ4n) is 1.02. The molecule has 1 unspecified atom stereocenters. The molecule has 62 valence electrons. The summed E-state index contributed by atoms with van der Waals surface area (Å²) >= 11 is 1.47. The fourth-order valence-corrected chi connectivity index (χ4v) is 1.68. The zero-order valence-corrected chi connectivity index (χ0v) is 7.69. The van der Waals surface area contributed by atoms with Crippen LogP contribution in [0.15, 0.2) is 6.20 Å². The lowest BCUT2D eigenvalue weighted by molar-refractivity contribution is 0.545. The van der Waals surface area contributed by atoms with E-state index in [0.29, 0.717) is 6.04 Å². The van der Waals surface area contributed by atoms with Gasteiger partial charge in [-0.1, -0.05) is 18.3 Å². The van der Waals surface area contributed by atoms with Crippen LogP contribution in [0, 0.1) is 0 Å². The van der Waals surface area contributed by atoms with Crippen molar-refractivity contribution < 1.29 is 0 Å². The second-order valence-corrected chi connectivity index (χ2v) is 3.16. The van der Waals surface area contributed by atoms with Crippen LogP contribution < -0.4 is 5.32 Å². The summed E-state index contributed by atoms with van der Waals surface area (Å²) in [4.78, 5) is 1.23. The molecule has 0 amide bonds. The normalized spacial score (nSPS) is 13.3. The average Bonchev–Trinajstić information content (AvgIpc) is 2.52. The SMILES string of the molecule is CCNC(CC)c1cnns1. The zero-order valence-electron chi connectivity index (χ0n) is 6.87. The van der Waals surface area contributed by atoms with E-state index in [4.69, 9.17) is 0 Å². The number of hydrogen-bond acceptors (Lipinski definition) is 4. The second-order valence-electron chi connectivity index (χ2n) is 2.34. The van der Waals surface area contributed by atoms with Gasteiger partial charge < -0.3 is 5.32 Å². The number of hydrogen-bond donors (Lipinski definition) is 1. The maximum atomic E-state index is 3.82. The summed E-state index contributed by atoms with van der Waals surface area (Å²) in [6, 6.07) is 0.444. The van der Waals surface area contributed by atoms with Gasteiger partial charge in [-0.25, -0.2) is 0 Å². The molecule has 1 rings (SSSR count). The van der Waals surface area contributed by atoms with Crippen LogP contribution in [0.25, 0.3) is 0 Å². The van der Waals surface area contributed by atoms with Crippen molar-refractivity contribution >= 4 is 11.5 Å². The van der Waals surface area contributed by atoms with Gasteiger partial charge in [-0.3, -0.25) is 0 Å². The Morgan fingerprint density at radius 2 is 2.45 bits per heavy atom. The Bertz CT molecular complexity index is 186. The summed E-state index contributed by atoms with van der Waals surface area (Å²) < 4.78 is 3.82. The van der Waals surface area contributed by atoms with Crippen LogP contribution in [-0.4, -0.2) is 16.1 Å². The molecule has 1 atom stereocenters. The van der Waals surface area contributed by atoms with Crippen LogP contribution in [0.2, 0.25) is 0 Å². The minimum atomic E-state index is 0.444. The van der Waals surface area contributed by atoms with E-state index in [0.717, 1.165) is 13.0 Å². The molecule has 1 aromatic rings. The Morgan fingerprint density at radius 3 is 2.91 bits per heavy atom. The number of nitrogens with zero attached hydrogens (tertiary/aromatic N) is 2. The molecule has 0 bridgehead atoms. The van der Waals surface area contributed by atoms with Crippen molar-refractivity contribution in [3.8, 4) is 0 Å². The van der Waals surface area contributed by atoms with Gasteiger partial charge in [0.15, 0.2) is 0 Å². The van der Waals surface area contributed by atoms with Gasteiger partial charge in [0, 0.05) is 6.04 Å².